The van der Waals surface area contributed by atoms with E-state index >= 15 is 0 Å². The van der Waals surface area contributed by atoms with Gasteiger partial charge in [-0.2, -0.15) is 0 Å². The lowest BCUT2D eigenvalue weighted by molar-refractivity contribution is 0.0677. The smallest absolute Gasteiger partial charge is 0.339 e. The summed E-state index contributed by atoms with van der Waals surface area (Å²) < 4.78 is 0.111. The lowest BCUT2D eigenvalue weighted by Crippen LogP contribution is -2.02. The van der Waals surface area contributed by atoms with Crippen molar-refractivity contribution in [2.75, 3.05) is 0 Å². The largest absolute Gasteiger partial charge is 0.507 e. The fraction of sp³-hybridized carbons (Fsp3) is 0. The van der Waals surface area contributed by atoms with E-state index in [1.165, 1.54) is 0 Å². The standard InChI is InChI=1S/C8H5BrO5/c9-5-1-4(8(13)14)6(10)2-3(5)7(11)12/h1-2,10H,(H,11,12)(H,13,14). The Bertz CT molecular complexity index is 373. The quantitative estimate of drug-likeness (QED) is 0.750. The molecule has 0 radical (unpaired) electrons. The SMILES string of the molecule is O=C(O)c1cc(Br)c(C(=O)O)cc1O. The third kappa shape index (κ3) is 1.85. The Balaban J connectivity index is 3.38. The Hall–Kier alpha value is -1.56. The fourth-order valence-corrected chi connectivity index (χ4v) is 1.41. The van der Waals surface area contributed by atoms with Crippen molar-refractivity contribution in [3.05, 3.63) is 27.7 Å². The molecule has 0 aliphatic heterocycles. The van der Waals surface area contributed by atoms with E-state index < -0.39 is 17.7 Å². The number of phenols is 1. The van der Waals surface area contributed by atoms with E-state index in [4.69, 9.17) is 10.2 Å². The third-order valence-corrected chi connectivity index (χ3v) is 2.20. The van der Waals surface area contributed by atoms with Crippen molar-refractivity contribution in [2.24, 2.45) is 0 Å². The minimum atomic E-state index is -1.32. The number of rotatable bonds is 2. The highest BCUT2D eigenvalue weighted by Crippen LogP contribution is 2.26. The second kappa shape index (κ2) is 3.67. The van der Waals surface area contributed by atoms with Crippen LogP contribution in [-0.4, -0.2) is 27.3 Å². The number of carboxylic acid groups (broad SMARTS) is 2. The van der Waals surface area contributed by atoms with Crippen molar-refractivity contribution in [3.8, 4) is 5.75 Å². The maximum absolute atomic E-state index is 10.6. The summed E-state index contributed by atoms with van der Waals surface area (Å²) >= 11 is 2.89. The van der Waals surface area contributed by atoms with Crippen LogP contribution in [0, 0.1) is 0 Å². The summed E-state index contributed by atoms with van der Waals surface area (Å²) in [7, 11) is 0. The molecule has 0 heterocycles. The number of aromatic carboxylic acids is 2. The molecule has 0 bridgehead atoms. The molecule has 0 saturated heterocycles. The number of aromatic hydroxyl groups is 1. The molecule has 0 aliphatic rings. The minimum absolute atomic E-state index is 0.111. The second-order valence-corrected chi connectivity index (χ2v) is 3.31. The summed E-state index contributed by atoms with van der Waals surface area (Å²) in [6.45, 7) is 0. The first-order chi connectivity index (χ1) is 6.43. The normalized spacial score (nSPS) is 9.79. The Morgan fingerprint density at radius 2 is 1.57 bits per heavy atom. The molecule has 74 valence electrons. The van der Waals surface area contributed by atoms with Crippen LogP contribution in [-0.2, 0) is 0 Å². The predicted molar refractivity (Wildman–Crippen MR) is 49.7 cm³/mol. The van der Waals surface area contributed by atoms with Crippen molar-refractivity contribution in [3.63, 3.8) is 0 Å². The lowest BCUT2D eigenvalue weighted by atomic mass is 10.1. The third-order valence-electron chi connectivity index (χ3n) is 1.55. The second-order valence-electron chi connectivity index (χ2n) is 2.46. The number of benzene rings is 1. The summed E-state index contributed by atoms with van der Waals surface area (Å²) in [6.07, 6.45) is 0. The molecule has 6 heteroatoms. The Labute approximate surface area is 86.7 Å². The molecule has 1 rings (SSSR count). The van der Waals surface area contributed by atoms with E-state index in [9.17, 15) is 14.7 Å². The van der Waals surface area contributed by atoms with Crippen molar-refractivity contribution in [1.29, 1.82) is 0 Å². The zero-order valence-corrected chi connectivity index (χ0v) is 8.28. The van der Waals surface area contributed by atoms with Crippen LogP contribution in [0.2, 0.25) is 0 Å². The molecule has 0 atom stereocenters. The highest BCUT2D eigenvalue weighted by molar-refractivity contribution is 9.10. The van der Waals surface area contributed by atoms with Gasteiger partial charge in [0.1, 0.15) is 11.3 Å². The van der Waals surface area contributed by atoms with Crippen molar-refractivity contribution >= 4 is 27.9 Å². The number of hydrogen-bond acceptors (Lipinski definition) is 3. The number of halogens is 1. The molecule has 5 nitrogen and oxygen atoms in total. The average Bonchev–Trinajstić information content (AvgIpc) is 2.07. The van der Waals surface area contributed by atoms with Gasteiger partial charge in [-0.3, -0.25) is 0 Å². The summed E-state index contributed by atoms with van der Waals surface area (Å²) in [5.74, 6) is -3.14. The maximum Gasteiger partial charge on any atom is 0.339 e. The molecule has 0 fully saturated rings. The van der Waals surface area contributed by atoms with Gasteiger partial charge in [-0.05, 0) is 28.1 Å². The van der Waals surface area contributed by atoms with Crippen LogP contribution in [0.5, 0.6) is 5.75 Å². The van der Waals surface area contributed by atoms with Crippen LogP contribution >= 0.6 is 15.9 Å². The van der Waals surface area contributed by atoms with Gasteiger partial charge in [0.15, 0.2) is 0 Å². The van der Waals surface area contributed by atoms with Gasteiger partial charge in [0, 0.05) is 4.47 Å². The summed E-state index contributed by atoms with van der Waals surface area (Å²) in [5, 5.41) is 26.4. The number of carbonyl (C=O) groups is 2. The van der Waals surface area contributed by atoms with Gasteiger partial charge >= 0.3 is 11.9 Å². The summed E-state index contributed by atoms with van der Waals surface area (Å²) in [5.41, 5.74) is -0.533. The average molecular weight is 261 g/mol. The van der Waals surface area contributed by atoms with Gasteiger partial charge < -0.3 is 15.3 Å². The Morgan fingerprint density at radius 1 is 1.07 bits per heavy atom. The van der Waals surface area contributed by atoms with Crippen LogP contribution in [0.4, 0.5) is 0 Å². The van der Waals surface area contributed by atoms with E-state index in [1.54, 1.807) is 0 Å². The summed E-state index contributed by atoms with van der Waals surface area (Å²) in [6, 6.07) is 1.93. The van der Waals surface area contributed by atoms with Crippen LogP contribution < -0.4 is 0 Å². The minimum Gasteiger partial charge on any atom is -0.507 e. The Morgan fingerprint density at radius 3 is 2.00 bits per heavy atom. The van der Waals surface area contributed by atoms with E-state index in [0.29, 0.717) is 0 Å². The maximum atomic E-state index is 10.6. The molecule has 1 aromatic rings. The van der Waals surface area contributed by atoms with Crippen LogP contribution in [0.1, 0.15) is 20.7 Å². The number of hydrogen-bond donors (Lipinski definition) is 3. The molecule has 0 aromatic heterocycles. The monoisotopic (exact) mass is 260 g/mol. The van der Waals surface area contributed by atoms with Crippen molar-refractivity contribution in [1.82, 2.24) is 0 Å². The van der Waals surface area contributed by atoms with E-state index in [2.05, 4.69) is 15.9 Å². The molecular weight excluding hydrogens is 256 g/mol. The molecule has 0 unspecified atom stereocenters. The zero-order valence-electron chi connectivity index (χ0n) is 6.69. The first-order valence-electron chi connectivity index (χ1n) is 3.42. The molecule has 0 aliphatic carbocycles. The van der Waals surface area contributed by atoms with Crippen LogP contribution in [0.3, 0.4) is 0 Å². The Kier molecular flexibility index (Phi) is 2.76. The van der Waals surface area contributed by atoms with Gasteiger partial charge in [-0.1, -0.05) is 0 Å². The van der Waals surface area contributed by atoms with Crippen LogP contribution in [0.25, 0.3) is 0 Å². The van der Waals surface area contributed by atoms with Crippen LogP contribution in [0.15, 0.2) is 16.6 Å². The molecule has 3 N–H and O–H groups in total. The van der Waals surface area contributed by atoms with Gasteiger partial charge in [-0.25, -0.2) is 9.59 Å². The number of carboxylic acids is 2. The molecule has 0 amide bonds. The first-order valence-corrected chi connectivity index (χ1v) is 4.22. The molecule has 14 heavy (non-hydrogen) atoms. The van der Waals surface area contributed by atoms with Gasteiger partial charge in [0.05, 0.1) is 5.56 Å². The van der Waals surface area contributed by atoms with Gasteiger partial charge in [0.2, 0.25) is 0 Å². The zero-order chi connectivity index (χ0) is 10.9. The van der Waals surface area contributed by atoms with E-state index in [1.807, 2.05) is 0 Å². The van der Waals surface area contributed by atoms with E-state index in [-0.39, 0.29) is 15.6 Å². The highest BCUT2D eigenvalue weighted by atomic mass is 79.9. The molecule has 1 aromatic carbocycles. The molecule has 0 spiro atoms. The predicted octanol–water partition coefficient (Wildman–Crippen LogP) is 1.55. The first kappa shape index (κ1) is 10.5. The molecular formula is C8H5BrO5. The van der Waals surface area contributed by atoms with Crippen molar-refractivity contribution in [2.45, 2.75) is 0 Å². The van der Waals surface area contributed by atoms with E-state index in [0.717, 1.165) is 12.1 Å². The fourth-order valence-electron chi connectivity index (χ4n) is 0.897. The highest BCUT2D eigenvalue weighted by Gasteiger charge is 2.16. The van der Waals surface area contributed by atoms with Crippen molar-refractivity contribution < 1.29 is 24.9 Å². The topological polar surface area (TPSA) is 94.8 Å². The molecule has 0 saturated carbocycles. The summed E-state index contributed by atoms with van der Waals surface area (Å²) in [4.78, 5) is 21.1. The lowest BCUT2D eigenvalue weighted by Gasteiger charge is -2.03. The van der Waals surface area contributed by atoms with Gasteiger partial charge in [-0.15, -0.1) is 0 Å². The van der Waals surface area contributed by atoms with Gasteiger partial charge in [0.25, 0.3) is 0 Å².